The van der Waals surface area contributed by atoms with E-state index in [2.05, 4.69) is 26.1 Å². The summed E-state index contributed by atoms with van der Waals surface area (Å²) in [5, 5.41) is 4.45. The molecule has 4 heteroatoms. The SMILES string of the molecule is BrCc1noc(C2CC2)n1. The summed E-state index contributed by atoms with van der Waals surface area (Å²) in [6.07, 6.45) is 2.42. The van der Waals surface area contributed by atoms with E-state index in [1.54, 1.807) is 0 Å². The van der Waals surface area contributed by atoms with Crippen LogP contribution in [0.4, 0.5) is 0 Å². The van der Waals surface area contributed by atoms with Gasteiger partial charge < -0.3 is 4.52 Å². The Labute approximate surface area is 66.9 Å². The van der Waals surface area contributed by atoms with Crippen molar-refractivity contribution in [2.24, 2.45) is 0 Å². The van der Waals surface area contributed by atoms with Crippen LogP contribution in [0.5, 0.6) is 0 Å². The summed E-state index contributed by atoms with van der Waals surface area (Å²) >= 11 is 3.26. The highest BCUT2D eigenvalue weighted by molar-refractivity contribution is 9.08. The third kappa shape index (κ3) is 1.08. The Balaban J connectivity index is 2.19. The van der Waals surface area contributed by atoms with Crippen LogP contribution in [0.2, 0.25) is 0 Å². The van der Waals surface area contributed by atoms with E-state index in [1.807, 2.05) is 0 Å². The van der Waals surface area contributed by atoms with Crippen molar-refractivity contribution >= 4 is 15.9 Å². The molecule has 1 aromatic rings. The molecule has 2 rings (SSSR count). The smallest absolute Gasteiger partial charge is 0.229 e. The van der Waals surface area contributed by atoms with Crippen molar-refractivity contribution in [3.8, 4) is 0 Å². The molecule has 54 valence electrons. The Bertz CT molecular complexity index is 231. The van der Waals surface area contributed by atoms with E-state index >= 15 is 0 Å². The second-order valence-corrected chi connectivity index (χ2v) is 3.02. The highest BCUT2D eigenvalue weighted by Crippen LogP contribution is 2.38. The molecule has 1 aromatic heterocycles. The van der Waals surface area contributed by atoms with Crippen molar-refractivity contribution in [2.75, 3.05) is 0 Å². The molecular weight excluding hydrogens is 196 g/mol. The van der Waals surface area contributed by atoms with Crippen molar-refractivity contribution in [3.63, 3.8) is 0 Å². The van der Waals surface area contributed by atoms with Crippen LogP contribution in [-0.4, -0.2) is 10.1 Å². The third-order valence-electron chi connectivity index (χ3n) is 1.53. The molecule has 1 aliphatic rings. The summed E-state index contributed by atoms with van der Waals surface area (Å²) in [4.78, 5) is 4.17. The van der Waals surface area contributed by atoms with Crippen molar-refractivity contribution in [1.82, 2.24) is 10.1 Å². The molecule has 3 nitrogen and oxygen atoms in total. The van der Waals surface area contributed by atoms with Gasteiger partial charge in [-0.3, -0.25) is 0 Å². The van der Waals surface area contributed by atoms with E-state index in [1.165, 1.54) is 12.8 Å². The maximum Gasteiger partial charge on any atom is 0.229 e. The first-order valence-corrected chi connectivity index (χ1v) is 4.40. The average Bonchev–Trinajstić information content (AvgIpc) is 2.70. The largest absolute Gasteiger partial charge is 0.339 e. The van der Waals surface area contributed by atoms with Crippen LogP contribution in [0.15, 0.2) is 4.52 Å². The van der Waals surface area contributed by atoms with Crippen LogP contribution < -0.4 is 0 Å². The first-order chi connectivity index (χ1) is 4.90. The van der Waals surface area contributed by atoms with Gasteiger partial charge in [-0.2, -0.15) is 4.98 Å². The van der Waals surface area contributed by atoms with Crippen molar-refractivity contribution in [2.45, 2.75) is 24.1 Å². The molecule has 0 spiro atoms. The molecule has 10 heavy (non-hydrogen) atoms. The molecule has 1 fully saturated rings. The molecule has 0 N–H and O–H groups in total. The van der Waals surface area contributed by atoms with Gasteiger partial charge in [0.25, 0.3) is 0 Å². The van der Waals surface area contributed by atoms with Crippen LogP contribution in [0.3, 0.4) is 0 Å². The topological polar surface area (TPSA) is 38.9 Å². The van der Waals surface area contributed by atoms with Gasteiger partial charge in [0.05, 0.1) is 5.33 Å². The second kappa shape index (κ2) is 2.34. The Morgan fingerprint density at radius 2 is 2.40 bits per heavy atom. The summed E-state index contributed by atoms with van der Waals surface area (Å²) < 4.78 is 4.99. The molecule has 0 bridgehead atoms. The third-order valence-corrected chi connectivity index (χ3v) is 2.03. The van der Waals surface area contributed by atoms with Gasteiger partial charge in [-0.05, 0) is 12.8 Å². The summed E-state index contributed by atoms with van der Waals surface area (Å²) in [7, 11) is 0. The summed E-state index contributed by atoms with van der Waals surface area (Å²) in [6, 6.07) is 0. The summed E-state index contributed by atoms with van der Waals surface area (Å²) in [5.74, 6) is 2.14. The van der Waals surface area contributed by atoms with E-state index in [0.29, 0.717) is 11.2 Å². The first kappa shape index (κ1) is 6.34. The van der Waals surface area contributed by atoms with Crippen LogP contribution in [0.1, 0.15) is 30.5 Å². The fourth-order valence-electron chi connectivity index (χ4n) is 0.818. The normalized spacial score (nSPS) is 17.7. The molecule has 0 aromatic carbocycles. The van der Waals surface area contributed by atoms with Crippen molar-refractivity contribution < 1.29 is 4.52 Å². The fraction of sp³-hybridized carbons (Fsp3) is 0.667. The monoisotopic (exact) mass is 202 g/mol. The van der Waals surface area contributed by atoms with Gasteiger partial charge in [-0.25, -0.2) is 0 Å². The molecule has 1 heterocycles. The van der Waals surface area contributed by atoms with Gasteiger partial charge in [0.1, 0.15) is 0 Å². The second-order valence-electron chi connectivity index (χ2n) is 2.46. The van der Waals surface area contributed by atoms with E-state index in [9.17, 15) is 0 Å². The maximum atomic E-state index is 4.99. The van der Waals surface area contributed by atoms with Crippen LogP contribution >= 0.6 is 15.9 Å². The molecule has 0 atom stereocenters. The highest BCUT2D eigenvalue weighted by atomic mass is 79.9. The minimum Gasteiger partial charge on any atom is -0.339 e. The molecule has 0 amide bonds. The van der Waals surface area contributed by atoms with Gasteiger partial charge in [0, 0.05) is 5.92 Å². The minimum atomic E-state index is 0.570. The fourth-order valence-corrected chi connectivity index (χ4v) is 1.05. The van der Waals surface area contributed by atoms with E-state index in [4.69, 9.17) is 4.52 Å². The lowest BCUT2D eigenvalue weighted by atomic mass is 10.4. The minimum absolute atomic E-state index is 0.570. The first-order valence-electron chi connectivity index (χ1n) is 3.28. The maximum absolute atomic E-state index is 4.99. The Morgan fingerprint density at radius 1 is 1.60 bits per heavy atom. The van der Waals surface area contributed by atoms with E-state index in [-0.39, 0.29) is 0 Å². The van der Waals surface area contributed by atoms with Crippen LogP contribution in [0.25, 0.3) is 0 Å². The summed E-state index contributed by atoms with van der Waals surface area (Å²) in [5.41, 5.74) is 0. The van der Waals surface area contributed by atoms with E-state index in [0.717, 1.165) is 11.7 Å². The molecule has 1 saturated carbocycles. The molecule has 0 unspecified atom stereocenters. The average molecular weight is 203 g/mol. The Hall–Kier alpha value is -0.380. The van der Waals surface area contributed by atoms with Crippen molar-refractivity contribution in [3.05, 3.63) is 11.7 Å². The van der Waals surface area contributed by atoms with Gasteiger partial charge >= 0.3 is 0 Å². The standard InChI is InChI=1S/C6H7BrN2O/c7-3-5-8-6(10-9-5)4-1-2-4/h4H,1-3H2. The molecule has 0 aliphatic heterocycles. The number of nitrogens with zero attached hydrogens (tertiary/aromatic N) is 2. The number of rotatable bonds is 2. The molecule has 0 saturated heterocycles. The van der Waals surface area contributed by atoms with Gasteiger partial charge in [0.2, 0.25) is 5.89 Å². The zero-order chi connectivity index (χ0) is 6.97. The lowest BCUT2D eigenvalue weighted by Crippen LogP contribution is -1.80. The number of halogens is 1. The summed E-state index contributed by atoms with van der Waals surface area (Å²) in [6.45, 7) is 0. The molecule has 0 radical (unpaired) electrons. The lowest BCUT2D eigenvalue weighted by molar-refractivity contribution is 0.375. The van der Waals surface area contributed by atoms with Crippen LogP contribution in [-0.2, 0) is 5.33 Å². The van der Waals surface area contributed by atoms with Gasteiger partial charge in [-0.15, -0.1) is 0 Å². The number of hydrogen-bond acceptors (Lipinski definition) is 3. The van der Waals surface area contributed by atoms with Gasteiger partial charge in [0.15, 0.2) is 5.82 Å². The predicted molar refractivity (Wildman–Crippen MR) is 38.9 cm³/mol. The van der Waals surface area contributed by atoms with Gasteiger partial charge in [-0.1, -0.05) is 21.1 Å². The Kier molecular flexibility index (Phi) is 1.48. The Morgan fingerprint density at radius 3 is 2.90 bits per heavy atom. The van der Waals surface area contributed by atoms with Crippen LogP contribution in [0, 0.1) is 0 Å². The van der Waals surface area contributed by atoms with E-state index < -0.39 is 0 Å². The number of alkyl halides is 1. The lowest BCUT2D eigenvalue weighted by Gasteiger charge is -1.79. The zero-order valence-corrected chi connectivity index (χ0v) is 6.97. The number of aromatic nitrogens is 2. The number of hydrogen-bond donors (Lipinski definition) is 0. The highest BCUT2D eigenvalue weighted by Gasteiger charge is 2.29. The molecular formula is C6H7BrN2O. The zero-order valence-electron chi connectivity index (χ0n) is 5.38. The quantitative estimate of drug-likeness (QED) is 0.688. The molecule has 1 aliphatic carbocycles. The van der Waals surface area contributed by atoms with Crippen molar-refractivity contribution in [1.29, 1.82) is 0 Å². The predicted octanol–water partition coefficient (Wildman–Crippen LogP) is 1.84.